The molecule has 0 nitrogen and oxygen atoms in total. The van der Waals surface area contributed by atoms with Gasteiger partial charge in [-0.1, -0.05) is 11.8 Å². The molecule has 0 spiro atoms. The quantitative estimate of drug-likeness (QED) is 0.278. The smallest absolute Gasteiger partial charge is 0.0675 e. The molecule has 0 aromatic carbocycles. The van der Waals surface area contributed by atoms with Crippen LogP contribution in [0.25, 0.3) is 0 Å². The minimum atomic E-state index is -0.213. The Morgan fingerprint density at radius 2 is 1.75 bits per heavy atom. The zero-order valence-corrected chi connectivity index (χ0v) is 5.17. The monoisotopic (exact) mass is 128 g/mol. The molecule has 0 saturated carbocycles. The Morgan fingerprint density at radius 1 is 1.50 bits per heavy atom. The lowest BCUT2D eigenvalue weighted by atomic mass is 30.1. The van der Waals surface area contributed by atoms with Gasteiger partial charge in [0.15, 0.2) is 0 Å². The molecular weight excluding hydrogens is 127 g/mol. The van der Waals surface area contributed by atoms with Crippen LogP contribution in [0.2, 0.25) is 0 Å². The van der Waals surface area contributed by atoms with Gasteiger partial charge >= 0.3 is 0 Å². The molecular formula is HPS3. The van der Waals surface area contributed by atoms with E-state index in [9.17, 15) is 0 Å². The Labute approximate surface area is 38.0 Å². The number of hydrogen-bond donors (Lipinski definition) is 0. The fraction of sp³-hybridized carbons (Fsp3) is 0. The molecule has 0 aromatic rings. The molecule has 1 aliphatic heterocycles. The summed E-state index contributed by atoms with van der Waals surface area (Å²) in [6.07, 6.45) is 0. The van der Waals surface area contributed by atoms with Gasteiger partial charge in [-0.2, -0.15) is 0 Å². The van der Waals surface area contributed by atoms with Crippen molar-refractivity contribution in [1.82, 2.24) is 0 Å². The Morgan fingerprint density at radius 3 is 1.75 bits per heavy atom. The van der Waals surface area contributed by atoms with E-state index in [-0.39, 0.29) is 5.10 Å². The molecule has 0 radical (unpaired) electrons. The summed E-state index contributed by atoms with van der Waals surface area (Å²) in [7, 11) is 3.71. The molecule has 1 aliphatic rings. The predicted octanol–water partition coefficient (Wildman–Crippen LogP) is 1.89. The van der Waals surface area contributed by atoms with E-state index in [2.05, 4.69) is 0 Å². The lowest BCUT2D eigenvalue weighted by molar-refractivity contribution is 5.86. The van der Waals surface area contributed by atoms with Crippen LogP contribution >= 0.6 is 25.9 Å². The third-order valence-corrected chi connectivity index (χ3v) is 7.76. The molecule has 0 unspecified atom stereocenters. The largest absolute Gasteiger partial charge is 0.0760 e. The van der Waals surface area contributed by atoms with Crippen molar-refractivity contribution < 1.29 is 0 Å². The van der Waals surface area contributed by atoms with Crippen molar-refractivity contribution in [3.05, 3.63) is 0 Å². The van der Waals surface area contributed by atoms with Crippen molar-refractivity contribution in [2.45, 2.75) is 0 Å². The van der Waals surface area contributed by atoms with Crippen molar-refractivity contribution in [2.75, 3.05) is 0 Å². The van der Waals surface area contributed by atoms with Gasteiger partial charge in [0, 0.05) is 0 Å². The first-order valence-electron chi connectivity index (χ1n) is 0.779. The van der Waals surface area contributed by atoms with Gasteiger partial charge in [0.05, 0.1) is 5.10 Å². The van der Waals surface area contributed by atoms with Gasteiger partial charge in [-0.25, -0.2) is 0 Å². The highest BCUT2D eigenvalue weighted by atomic mass is 33.8. The average molecular weight is 128 g/mol. The summed E-state index contributed by atoms with van der Waals surface area (Å²) in [4.78, 5) is 0. The van der Waals surface area contributed by atoms with Crippen LogP contribution in [-0.2, 0) is 11.8 Å². The van der Waals surface area contributed by atoms with Gasteiger partial charge in [0.2, 0.25) is 0 Å². The second kappa shape index (κ2) is 1.21. The van der Waals surface area contributed by atoms with Crippen LogP contribution in [0, 0.1) is 0 Å². The van der Waals surface area contributed by atoms with Crippen molar-refractivity contribution in [1.29, 1.82) is 0 Å². The highest BCUT2D eigenvalue weighted by molar-refractivity contribution is 9.46. The molecule has 1 saturated heterocycles. The number of rotatable bonds is 0. The van der Waals surface area contributed by atoms with E-state index < -0.39 is 0 Å². The van der Waals surface area contributed by atoms with Gasteiger partial charge in [-0.15, -0.1) is 0 Å². The van der Waals surface area contributed by atoms with Crippen LogP contribution in [0.5, 0.6) is 0 Å². The summed E-state index contributed by atoms with van der Waals surface area (Å²) >= 11 is 4.76. The minimum Gasteiger partial charge on any atom is -0.0760 e. The molecule has 0 aromatic heterocycles. The van der Waals surface area contributed by atoms with Crippen LogP contribution in [0.15, 0.2) is 0 Å². The third kappa shape index (κ3) is 0.978. The van der Waals surface area contributed by atoms with Crippen LogP contribution in [0.4, 0.5) is 0 Å². The summed E-state index contributed by atoms with van der Waals surface area (Å²) < 4.78 is 0. The Kier molecular flexibility index (Phi) is 1.07. The standard InChI is InChI=1S/HPS3/c2-1-3-4-1/h1H. The van der Waals surface area contributed by atoms with Crippen molar-refractivity contribution >= 4 is 37.7 Å². The third-order valence-electron chi connectivity index (χ3n) is 0.151. The molecule has 24 valence electrons. The molecule has 0 aliphatic carbocycles. The molecule has 1 heterocycles. The van der Waals surface area contributed by atoms with Gasteiger partial charge < -0.3 is 0 Å². The normalized spacial score (nSPS) is 26.0. The van der Waals surface area contributed by atoms with Crippen molar-refractivity contribution in [2.24, 2.45) is 0 Å². The van der Waals surface area contributed by atoms with Crippen molar-refractivity contribution in [3.63, 3.8) is 0 Å². The van der Waals surface area contributed by atoms with E-state index in [1.165, 1.54) is 0 Å². The maximum absolute atomic E-state index is 4.76. The SMILES string of the molecule is S=[PH]1SS1. The molecule has 0 bridgehead atoms. The molecule has 4 heteroatoms. The second-order valence-electron chi connectivity index (χ2n) is 0.417. The van der Waals surface area contributed by atoms with Gasteiger partial charge in [-0.05, 0) is 20.8 Å². The summed E-state index contributed by atoms with van der Waals surface area (Å²) in [6, 6.07) is 0. The van der Waals surface area contributed by atoms with E-state index >= 15 is 0 Å². The molecule has 1 fully saturated rings. The van der Waals surface area contributed by atoms with E-state index in [4.69, 9.17) is 11.8 Å². The maximum Gasteiger partial charge on any atom is 0.0675 e. The number of hydrogen-bond acceptors (Lipinski definition) is 3. The van der Waals surface area contributed by atoms with Crippen LogP contribution in [0.3, 0.4) is 0 Å². The Hall–Kier alpha value is 1.35. The van der Waals surface area contributed by atoms with E-state index in [0.717, 1.165) is 0 Å². The predicted molar refractivity (Wildman–Crippen MR) is 30.9 cm³/mol. The van der Waals surface area contributed by atoms with E-state index in [1.807, 2.05) is 20.8 Å². The molecule has 4 heavy (non-hydrogen) atoms. The molecule has 0 atom stereocenters. The molecule has 0 amide bonds. The second-order valence-corrected chi connectivity index (χ2v) is 11.2. The first kappa shape index (κ1) is 3.54. The Balaban J connectivity index is 2.60. The van der Waals surface area contributed by atoms with Crippen LogP contribution in [0.1, 0.15) is 0 Å². The fourth-order valence-corrected chi connectivity index (χ4v) is 4.13. The summed E-state index contributed by atoms with van der Waals surface area (Å²) in [5.74, 6) is 0. The highest BCUT2D eigenvalue weighted by Crippen LogP contribution is 2.79. The van der Waals surface area contributed by atoms with Crippen LogP contribution in [-0.4, -0.2) is 0 Å². The first-order valence-corrected chi connectivity index (χ1v) is 7.01. The minimum absolute atomic E-state index is 0.213. The molecule has 0 N–H and O–H groups in total. The van der Waals surface area contributed by atoms with Gasteiger partial charge in [0.25, 0.3) is 0 Å². The maximum atomic E-state index is 4.76. The van der Waals surface area contributed by atoms with E-state index in [1.54, 1.807) is 0 Å². The zero-order chi connectivity index (χ0) is 2.99. The van der Waals surface area contributed by atoms with Gasteiger partial charge in [0.1, 0.15) is 0 Å². The lowest BCUT2D eigenvalue weighted by Gasteiger charge is -1.26. The summed E-state index contributed by atoms with van der Waals surface area (Å²) in [5.41, 5.74) is 0. The molecule has 1 rings (SSSR count). The topological polar surface area (TPSA) is 0 Å². The van der Waals surface area contributed by atoms with Crippen LogP contribution < -0.4 is 0 Å². The lowest BCUT2D eigenvalue weighted by Crippen LogP contribution is -0.702. The Bertz CT molecular complexity index is 41.2. The summed E-state index contributed by atoms with van der Waals surface area (Å²) in [5, 5.41) is -0.213. The van der Waals surface area contributed by atoms with Gasteiger partial charge in [-0.3, -0.25) is 0 Å². The highest BCUT2D eigenvalue weighted by Gasteiger charge is 2.08. The van der Waals surface area contributed by atoms with Crippen molar-refractivity contribution in [3.8, 4) is 0 Å². The first-order chi connectivity index (χ1) is 1.89. The fourth-order valence-electron chi connectivity index (χ4n) is 0.0170. The average Bonchev–Trinajstić information content (AvgIpc) is 1.75. The summed E-state index contributed by atoms with van der Waals surface area (Å²) in [6.45, 7) is 0. The van der Waals surface area contributed by atoms with E-state index in [0.29, 0.717) is 0 Å². The zero-order valence-electron chi connectivity index (χ0n) is 1.72.